The summed E-state index contributed by atoms with van der Waals surface area (Å²) in [4.78, 5) is 4.41. The number of anilines is 1. The lowest BCUT2D eigenvalue weighted by molar-refractivity contribution is 0.415. The Labute approximate surface area is 112 Å². The molecule has 0 radical (unpaired) electrons. The molecule has 0 aliphatic carbocycles. The van der Waals surface area contributed by atoms with E-state index in [0.717, 1.165) is 29.9 Å². The van der Waals surface area contributed by atoms with Crippen molar-refractivity contribution in [3.05, 3.63) is 30.5 Å². The van der Waals surface area contributed by atoms with Crippen molar-refractivity contribution >= 4 is 28.4 Å². The van der Waals surface area contributed by atoms with Crippen molar-refractivity contribution in [2.45, 2.75) is 6.42 Å². The van der Waals surface area contributed by atoms with E-state index in [1.165, 1.54) is 11.1 Å². The van der Waals surface area contributed by atoms with E-state index in [0.29, 0.717) is 0 Å². The molecule has 1 aromatic carbocycles. The molecule has 0 atom stereocenters. The Morgan fingerprint density at radius 3 is 3.00 bits per heavy atom. The summed E-state index contributed by atoms with van der Waals surface area (Å²) < 4.78 is 5.26. The maximum absolute atomic E-state index is 5.26. The van der Waals surface area contributed by atoms with Gasteiger partial charge in [-0.15, -0.1) is 0 Å². The molecule has 2 rings (SSSR count). The summed E-state index contributed by atoms with van der Waals surface area (Å²) in [5, 5.41) is 5.68. The molecule has 0 unspecified atom stereocenters. The van der Waals surface area contributed by atoms with Crippen LogP contribution in [-0.2, 0) is 0 Å². The van der Waals surface area contributed by atoms with E-state index in [2.05, 4.69) is 22.6 Å². The van der Waals surface area contributed by atoms with Crippen LogP contribution in [0.25, 0.3) is 10.8 Å². The van der Waals surface area contributed by atoms with Gasteiger partial charge in [0, 0.05) is 18.1 Å². The lowest BCUT2D eigenvalue weighted by Crippen LogP contribution is -2.04. The average molecular weight is 262 g/mol. The van der Waals surface area contributed by atoms with Crippen molar-refractivity contribution in [2.75, 3.05) is 31.0 Å². The van der Waals surface area contributed by atoms with E-state index in [9.17, 15) is 0 Å². The number of ether oxygens (including phenoxy) is 1. The summed E-state index contributed by atoms with van der Waals surface area (Å²) in [5.41, 5.74) is 0. The van der Waals surface area contributed by atoms with Gasteiger partial charge in [0.2, 0.25) is 0 Å². The zero-order chi connectivity index (χ0) is 12.8. The summed E-state index contributed by atoms with van der Waals surface area (Å²) in [6.45, 7) is 0.949. The molecule has 96 valence electrons. The largest absolute Gasteiger partial charge is 0.497 e. The predicted molar refractivity (Wildman–Crippen MR) is 79.8 cm³/mol. The number of nitrogens with zero attached hydrogens (tertiary/aromatic N) is 1. The molecule has 0 aliphatic heterocycles. The molecular weight excluding hydrogens is 244 g/mol. The van der Waals surface area contributed by atoms with E-state index < -0.39 is 0 Å². The van der Waals surface area contributed by atoms with Gasteiger partial charge in [0.25, 0.3) is 0 Å². The van der Waals surface area contributed by atoms with E-state index in [4.69, 9.17) is 4.74 Å². The highest BCUT2D eigenvalue weighted by molar-refractivity contribution is 7.98. The van der Waals surface area contributed by atoms with Gasteiger partial charge in [-0.25, -0.2) is 4.98 Å². The smallest absolute Gasteiger partial charge is 0.133 e. The van der Waals surface area contributed by atoms with Crippen molar-refractivity contribution in [1.29, 1.82) is 0 Å². The molecule has 0 bridgehead atoms. The number of methoxy groups -OCH3 is 1. The molecule has 1 heterocycles. The molecular formula is C14H18N2OS. The number of fused-ring (bicyclic) bond motifs is 1. The number of pyridine rings is 1. The third kappa shape index (κ3) is 3.07. The molecule has 0 aliphatic rings. The van der Waals surface area contributed by atoms with Gasteiger partial charge in [-0.3, -0.25) is 0 Å². The average Bonchev–Trinajstić information content (AvgIpc) is 2.43. The number of hydrogen-bond donors (Lipinski definition) is 1. The number of benzene rings is 1. The first-order chi connectivity index (χ1) is 8.85. The zero-order valence-corrected chi connectivity index (χ0v) is 11.6. The van der Waals surface area contributed by atoms with Gasteiger partial charge in [-0.2, -0.15) is 11.8 Å². The van der Waals surface area contributed by atoms with Gasteiger partial charge in [0.15, 0.2) is 0 Å². The van der Waals surface area contributed by atoms with Gasteiger partial charge in [0.05, 0.1) is 7.11 Å². The van der Waals surface area contributed by atoms with Crippen LogP contribution in [0.2, 0.25) is 0 Å². The van der Waals surface area contributed by atoms with Gasteiger partial charge in [0.1, 0.15) is 11.6 Å². The Bertz CT molecular complexity index is 516. The maximum atomic E-state index is 5.26. The molecule has 0 spiro atoms. The van der Waals surface area contributed by atoms with Crippen LogP contribution in [0.4, 0.5) is 5.82 Å². The highest BCUT2D eigenvalue weighted by atomic mass is 32.2. The maximum Gasteiger partial charge on any atom is 0.133 e. The SMILES string of the molecule is COc1ccc2ccnc(NCCCSC)c2c1. The van der Waals surface area contributed by atoms with Gasteiger partial charge >= 0.3 is 0 Å². The lowest BCUT2D eigenvalue weighted by Gasteiger charge is -2.09. The molecule has 0 saturated heterocycles. The third-order valence-corrected chi connectivity index (χ3v) is 3.49. The Morgan fingerprint density at radius 2 is 2.22 bits per heavy atom. The summed E-state index contributed by atoms with van der Waals surface area (Å²) in [6.07, 6.45) is 5.11. The summed E-state index contributed by atoms with van der Waals surface area (Å²) >= 11 is 1.87. The summed E-state index contributed by atoms with van der Waals surface area (Å²) in [5.74, 6) is 2.97. The molecule has 18 heavy (non-hydrogen) atoms. The Morgan fingerprint density at radius 1 is 1.33 bits per heavy atom. The van der Waals surface area contributed by atoms with Crippen LogP contribution in [0.1, 0.15) is 6.42 Å². The van der Waals surface area contributed by atoms with E-state index in [-0.39, 0.29) is 0 Å². The standard InChI is InChI=1S/C14H18N2OS/c1-17-12-5-4-11-6-8-16-14(13(11)10-12)15-7-3-9-18-2/h4-6,8,10H,3,7,9H2,1-2H3,(H,15,16). The Balaban J connectivity index is 2.20. The first-order valence-electron chi connectivity index (χ1n) is 6.00. The predicted octanol–water partition coefficient (Wildman–Crippen LogP) is 3.41. The quantitative estimate of drug-likeness (QED) is 0.809. The summed E-state index contributed by atoms with van der Waals surface area (Å²) in [7, 11) is 1.68. The number of rotatable bonds is 6. The second kappa shape index (κ2) is 6.50. The molecule has 1 N–H and O–H groups in total. The first-order valence-corrected chi connectivity index (χ1v) is 7.40. The van der Waals surface area contributed by atoms with E-state index >= 15 is 0 Å². The van der Waals surface area contributed by atoms with Crippen LogP contribution in [0.3, 0.4) is 0 Å². The zero-order valence-electron chi connectivity index (χ0n) is 10.8. The monoisotopic (exact) mass is 262 g/mol. The summed E-state index contributed by atoms with van der Waals surface area (Å²) in [6, 6.07) is 8.07. The van der Waals surface area contributed by atoms with Crippen molar-refractivity contribution in [3.63, 3.8) is 0 Å². The molecule has 0 saturated carbocycles. The number of nitrogens with one attached hydrogen (secondary N) is 1. The fourth-order valence-electron chi connectivity index (χ4n) is 1.84. The number of aromatic nitrogens is 1. The molecule has 0 amide bonds. The van der Waals surface area contributed by atoms with Crippen molar-refractivity contribution in [2.24, 2.45) is 0 Å². The normalized spacial score (nSPS) is 10.6. The van der Waals surface area contributed by atoms with Crippen LogP contribution in [0.15, 0.2) is 30.5 Å². The second-order valence-corrected chi connectivity index (χ2v) is 5.01. The molecule has 4 heteroatoms. The Kier molecular flexibility index (Phi) is 4.70. The van der Waals surface area contributed by atoms with Gasteiger partial charge < -0.3 is 10.1 Å². The fourth-order valence-corrected chi connectivity index (χ4v) is 2.27. The molecule has 1 aromatic heterocycles. The highest BCUT2D eigenvalue weighted by Crippen LogP contribution is 2.25. The van der Waals surface area contributed by atoms with Crippen LogP contribution in [0, 0.1) is 0 Å². The van der Waals surface area contributed by atoms with Crippen LogP contribution < -0.4 is 10.1 Å². The third-order valence-electron chi connectivity index (χ3n) is 2.79. The van der Waals surface area contributed by atoms with Gasteiger partial charge in [-0.05, 0) is 42.0 Å². The minimum Gasteiger partial charge on any atom is -0.497 e. The van der Waals surface area contributed by atoms with Gasteiger partial charge in [-0.1, -0.05) is 6.07 Å². The highest BCUT2D eigenvalue weighted by Gasteiger charge is 2.03. The van der Waals surface area contributed by atoms with Crippen molar-refractivity contribution in [1.82, 2.24) is 4.98 Å². The topological polar surface area (TPSA) is 34.1 Å². The van der Waals surface area contributed by atoms with Crippen LogP contribution in [0.5, 0.6) is 5.75 Å². The number of thioether (sulfide) groups is 1. The molecule has 3 nitrogen and oxygen atoms in total. The van der Waals surface area contributed by atoms with Crippen LogP contribution in [-0.4, -0.2) is 30.6 Å². The van der Waals surface area contributed by atoms with Crippen molar-refractivity contribution in [3.8, 4) is 5.75 Å². The van der Waals surface area contributed by atoms with Crippen LogP contribution >= 0.6 is 11.8 Å². The van der Waals surface area contributed by atoms with Crippen molar-refractivity contribution < 1.29 is 4.74 Å². The fraction of sp³-hybridized carbons (Fsp3) is 0.357. The first kappa shape index (κ1) is 13.0. The molecule has 2 aromatic rings. The Hall–Kier alpha value is -1.42. The second-order valence-electron chi connectivity index (χ2n) is 4.02. The van der Waals surface area contributed by atoms with E-state index in [1.807, 2.05) is 36.2 Å². The number of hydrogen-bond acceptors (Lipinski definition) is 4. The lowest BCUT2D eigenvalue weighted by atomic mass is 10.1. The minimum absolute atomic E-state index is 0.864. The minimum atomic E-state index is 0.864. The van der Waals surface area contributed by atoms with E-state index in [1.54, 1.807) is 7.11 Å². The molecule has 0 fully saturated rings.